The van der Waals surface area contributed by atoms with Crippen molar-refractivity contribution < 1.29 is 22.8 Å². The van der Waals surface area contributed by atoms with Crippen molar-refractivity contribution in [2.75, 3.05) is 6.54 Å². The van der Waals surface area contributed by atoms with Gasteiger partial charge in [-0.2, -0.15) is 13.2 Å². The van der Waals surface area contributed by atoms with Crippen molar-refractivity contribution in [2.45, 2.75) is 50.9 Å². The van der Waals surface area contributed by atoms with E-state index in [4.69, 9.17) is 0 Å². The lowest BCUT2D eigenvalue weighted by atomic mass is 9.95. The number of rotatable bonds is 6. The number of carbonyl (C=O) groups is 2. The first kappa shape index (κ1) is 20.9. The van der Waals surface area contributed by atoms with Gasteiger partial charge < -0.3 is 10.2 Å². The van der Waals surface area contributed by atoms with E-state index in [1.807, 2.05) is 4.90 Å². The summed E-state index contributed by atoms with van der Waals surface area (Å²) in [6.45, 7) is 0.684. The van der Waals surface area contributed by atoms with Gasteiger partial charge in [0.05, 0.1) is 11.6 Å². The van der Waals surface area contributed by atoms with Crippen molar-refractivity contribution in [1.82, 2.24) is 10.2 Å². The molecule has 0 bridgehead atoms. The van der Waals surface area contributed by atoms with Crippen LogP contribution in [0.15, 0.2) is 35.7 Å². The van der Waals surface area contributed by atoms with Crippen molar-refractivity contribution in [3.63, 3.8) is 0 Å². The van der Waals surface area contributed by atoms with Crippen LogP contribution in [0.25, 0.3) is 0 Å². The smallest absolute Gasteiger partial charge is 0.352 e. The van der Waals surface area contributed by atoms with Crippen LogP contribution in [0.3, 0.4) is 0 Å². The van der Waals surface area contributed by atoms with Crippen molar-refractivity contribution in [3.05, 3.63) is 57.3 Å². The fourth-order valence-electron chi connectivity index (χ4n) is 4.06. The summed E-state index contributed by atoms with van der Waals surface area (Å²) in [5.41, 5.74) is 0.892. The van der Waals surface area contributed by atoms with E-state index in [0.717, 1.165) is 31.4 Å². The van der Waals surface area contributed by atoms with Gasteiger partial charge in [0.1, 0.15) is 0 Å². The topological polar surface area (TPSA) is 49.4 Å². The molecule has 2 heterocycles. The second kappa shape index (κ2) is 8.41. The Bertz CT molecular complexity index is 936. The summed E-state index contributed by atoms with van der Waals surface area (Å²) in [6, 6.07) is 7.12. The number of thiophene rings is 1. The minimum Gasteiger partial charge on any atom is -0.352 e. The Morgan fingerprint density at radius 1 is 1.17 bits per heavy atom. The highest BCUT2D eigenvalue weighted by molar-refractivity contribution is 7.10. The summed E-state index contributed by atoms with van der Waals surface area (Å²) in [7, 11) is 0. The molecule has 1 aromatic carbocycles. The summed E-state index contributed by atoms with van der Waals surface area (Å²) in [5, 5.41) is 4.70. The molecule has 1 saturated carbocycles. The van der Waals surface area contributed by atoms with E-state index in [9.17, 15) is 22.8 Å². The zero-order valence-electron chi connectivity index (χ0n) is 16.4. The van der Waals surface area contributed by atoms with Crippen LogP contribution in [0.4, 0.5) is 13.2 Å². The third-order valence-electron chi connectivity index (χ3n) is 5.71. The fourth-order valence-corrected chi connectivity index (χ4v) is 4.97. The minimum absolute atomic E-state index is 0.00359. The van der Waals surface area contributed by atoms with Crippen molar-refractivity contribution in [1.29, 1.82) is 0 Å². The van der Waals surface area contributed by atoms with Crippen molar-refractivity contribution in [3.8, 4) is 0 Å². The molecule has 4 nitrogen and oxygen atoms in total. The standard InChI is InChI=1S/C22H23F3N2O2S/c23-22(24,25)16-3-1-2-14(12-16)13-26-19(28)6-7-20(29)27-10-8-18-17(9-11-30-18)21(27)15-4-5-15/h1-3,9,11-12,15,21H,4-8,10,13H2,(H,26,28). The Hall–Kier alpha value is -2.35. The molecule has 1 aliphatic carbocycles. The van der Waals surface area contributed by atoms with Gasteiger partial charge in [0, 0.05) is 30.8 Å². The molecule has 2 aliphatic rings. The van der Waals surface area contributed by atoms with Crippen molar-refractivity contribution >= 4 is 23.2 Å². The molecular formula is C22H23F3N2O2S. The minimum atomic E-state index is -4.42. The summed E-state index contributed by atoms with van der Waals surface area (Å²) >= 11 is 1.74. The lowest BCUT2D eigenvalue weighted by molar-refractivity contribution is -0.138. The lowest BCUT2D eigenvalue weighted by Crippen LogP contribution is -2.41. The van der Waals surface area contributed by atoms with E-state index in [2.05, 4.69) is 16.8 Å². The number of benzene rings is 1. The highest BCUT2D eigenvalue weighted by Gasteiger charge is 2.41. The molecule has 1 fully saturated rings. The molecule has 8 heteroatoms. The summed E-state index contributed by atoms with van der Waals surface area (Å²) < 4.78 is 38.4. The maximum Gasteiger partial charge on any atom is 0.416 e. The zero-order chi connectivity index (χ0) is 21.3. The summed E-state index contributed by atoms with van der Waals surface area (Å²) in [6.07, 6.45) is -1.17. The Labute approximate surface area is 177 Å². The molecule has 4 rings (SSSR count). The van der Waals surface area contributed by atoms with Gasteiger partial charge in [-0.15, -0.1) is 11.3 Å². The SMILES string of the molecule is O=C(CCC(=O)N1CCc2sccc2C1C1CC1)NCc1cccc(C(F)(F)F)c1. The van der Waals surface area contributed by atoms with E-state index in [1.54, 1.807) is 11.3 Å². The van der Waals surface area contributed by atoms with Crippen LogP contribution in [-0.4, -0.2) is 23.3 Å². The molecule has 0 spiro atoms. The Balaban J connectivity index is 1.29. The van der Waals surface area contributed by atoms with Crippen LogP contribution < -0.4 is 5.32 Å². The maximum atomic E-state index is 12.8. The number of fused-ring (bicyclic) bond motifs is 1. The molecule has 2 amide bonds. The Kier molecular flexibility index (Phi) is 5.86. The van der Waals surface area contributed by atoms with Gasteiger partial charge in [-0.25, -0.2) is 0 Å². The highest BCUT2D eigenvalue weighted by Crippen LogP contribution is 2.48. The van der Waals surface area contributed by atoms with Crippen LogP contribution in [-0.2, 0) is 28.7 Å². The van der Waals surface area contributed by atoms with Crippen LogP contribution in [0.2, 0.25) is 0 Å². The number of hydrogen-bond donors (Lipinski definition) is 1. The molecule has 1 atom stereocenters. The number of carbonyl (C=O) groups excluding carboxylic acids is 2. The highest BCUT2D eigenvalue weighted by atomic mass is 32.1. The molecule has 0 saturated heterocycles. The van der Waals surface area contributed by atoms with Gasteiger partial charge in [-0.1, -0.05) is 12.1 Å². The molecule has 160 valence electrons. The van der Waals surface area contributed by atoms with E-state index >= 15 is 0 Å². The number of nitrogens with one attached hydrogen (secondary N) is 1. The summed E-state index contributed by atoms with van der Waals surface area (Å²) in [4.78, 5) is 28.3. The third-order valence-corrected chi connectivity index (χ3v) is 6.71. The van der Waals surface area contributed by atoms with E-state index < -0.39 is 11.7 Å². The third kappa shape index (κ3) is 4.69. The maximum absolute atomic E-state index is 12.8. The lowest BCUT2D eigenvalue weighted by Gasteiger charge is -2.36. The number of halogens is 3. The predicted molar refractivity (Wildman–Crippen MR) is 108 cm³/mol. The largest absolute Gasteiger partial charge is 0.416 e. The van der Waals surface area contributed by atoms with Crippen LogP contribution in [0.1, 0.15) is 53.3 Å². The zero-order valence-corrected chi connectivity index (χ0v) is 17.2. The van der Waals surface area contributed by atoms with Gasteiger partial charge in [0.15, 0.2) is 0 Å². The van der Waals surface area contributed by atoms with Crippen LogP contribution in [0.5, 0.6) is 0 Å². The van der Waals surface area contributed by atoms with Gasteiger partial charge in [0.2, 0.25) is 11.8 Å². The monoisotopic (exact) mass is 436 g/mol. The number of hydrogen-bond acceptors (Lipinski definition) is 3. The molecule has 1 aromatic heterocycles. The van der Waals surface area contributed by atoms with Crippen LogP contribution >= 0.6 is 11.3 Å². The van der Waals surface area contributed by atoms with Gasteiger partial charge >= 0.3 is 6.18 Å². The predicted octanol–water partition coefficient (Wildman–Crippen LogP) is 4.70. The normalized spacial score (nSPS) is 18.8. The molecule has 2 aromatic rings. The molecular weight excluding hydrogens is 413 g/mol. The quantitative estimate of drug-likeness (QED) is 0.714. The second-order valence-corrected chi connectivity index (χ2v) is 8.89. The number of amides is 2. The van der Waals surface area contributed by atoms with Gasteiger partial charge in [-0.05, 0) is 59.9 Å². The van der Waals surface area contributed by atoms with Crippen LogP contribution in [0, 0.1) is 5.92 Å². The fraction of sp³-hybridized carbons (Fsp3) is 0.455. The van der Waals surface area contributed by atoms with Crippen molar-refractivity contribution in [2.24, 2.45) is 5.92 Å². The van der Waals surface area contributed by atoms with E-state index in [1.165, 1.54) is 22.6 Å². The van der Waals surface area contributed by atoms with Gasteiger partial charge in [0.25, 0.3) is 0 Å². The van der Waals surface area contributed by atoms with Gasteiger partial charge in [-0.3, -0.25) is 9.59 Å². The first-order valence-electron chi connectivity index (χ1n) is 10.1. The first-order chi connectivity index (χ1) is 14.3. The molecule has 1 aliphatic heterocycles. The summed E-state index contributed by atoms with van der Waals surface area (Å²) in [5.74, 6) is 0.146. The molecule has 30 heavy (non-hydrogen) atoms. The average molecular weight is 436 g/mol. The first-order valence-corrected chi connectivity index (χ1v) is 11.0. The molecule has 1 unspecified atom stereocenters. The average Bonchev–Trinajstić information content (AvgIpc) is 3.45. The molecule has 0 radical (unpaired) electrons. The van der Waals surface area contributed by atoms with E-state index in [-0.39, 0.29) is 37.2 Å². The second-order valence-electron chi connectivity index (χ2n) is 7.89. The Morgan fingerprint density at radius 2 is 1.97 bits per heavy atom. The number of nitrogens with zero attached hydrogens (tertiary/aromatic N) is 1. The molecule has 1 N–H and O–H groups in total. The van der Waals surface area contributed by atoms with E-state index in [0.29, 0.717) is 18.0 Å². The number of alkyl halides is 3. The Morgan fingerprint density at radius 3 is 2.70 bits per heavy atom.